The van der Waals surface area contributed by atoms with E-state index < -0.39 is 0 Å². The van der Waals surface area contributed by atoms with Crippen molar-refractivity contribution in [2.24, 2.45) is 0 Å². The first-order valence-corrected chi connectivity index (χ1v) is 7.97. The first-order chi connectivity index (χ1) is 11.3. The average Bonchev–Trinajstić information content (AvgIpc) is 2.63. The molecule has 2 aromatic heterocycles. The topological polar surface area (TPSA) is 54.4 Å². The van der Waals surface area contributed by atoms with Gasteiger partial charge in [0, 0.05) is 49.8 Å². The maximum Gasteiger partial charge on any atom is 0.316 e. The highest BCUT2D eigenvalue weighted by atomic mass is 16.5. The van der Waals surface area contributed by atoms with E-state index in [1.807, 2.05) is 30.7 Å². The second-order valence-electron chi connectivity index (χ2n) is 5.92. The quantitative estimate of drug-likeness (QED) is 0.841. The molecule has 0 bridgehead atoms. The second-order valence-corrected chi connectivity index (χ2v) is 5.92. The van der Waals surface area contributed by atoms with Crippen LogP contribution in [0.3, 0.4) is 0 Å². The van der Waals surface area contributed by atoms with Gasteiger partial charge in [0.15, 0.2) is 0 Å². The lowest BCUT2D eigenvalue weighted by molar-refractivity contribution is 0.207. The Morgan fingerprint density at radius 1 is 1.26 bits per heavy atom. The molecular formula is C17H23N5O. The third-order valence-electron chi connectivity index (χ3n) is 4.29. The molecular weight excluding hydrogens is 290 g/mol. The number of piperidine rings is 1. The molecule has 0 spiro atoms. The van der Waals surface area contributed by atoms with Gasteiger partial charge in [-0.1, -0.05) is 6.07 Å². The monoisotopic (exact) mass is 313 g/mol. The molecule has 122 valence electrons. The molecule has 1 fully saturated rings. The van der Waals surface area contributed by atoms with Crippen LogP contribution in [-0.4, -0.2) is 53.1 Å². The maximum absolute atomic E-state index is 5.00. The highest BCUT2D eigenvalue weighted by Crippen LogP contribution is 2.21. The molecule has 1 aliphatic heterocycles. The number of likely N-dealkylation sites (N-methyl/N-ethyl adjacent to an activating group) is 1. The van der Waals surface area contributed by atoms with E-state index in [2.05, 4.69) is 37.9 Å². The summed E-state index contributed by atoms with van der Waals surface area (Å²) in [6.45, 7) is 2.92. The summed E-state index contributed by atoms with van der Waals surface area (Å²) in [6.07, 6.45) is 7.92. The number of methoxy groups -OCH3 is 1. The molecule has 1 atom stereocenters. The standard InChI is InChI=1S/C17H23N5O/c1-21(12-14-10-19-17(23-2)20-11-14)15-6-5-9-22(13-15)16-7-3-4-8-18-16/h3-4,7-8,10-11,15H,5-6,9,12-13H2,1-2H3/t15-/m1/s1. The van der Waals surface area contributed by atoms with Gasteiger partial charge in [-0.05, 0) is 32.0 Å². The molecule has 0 unspecified atom stereocenters. The molecule has 0 radical (unpaired) electrons. The Balaban J connectivity index is 1.61. The van der Waals surface area contributed by atoms with Crippen LogP contribution in [0.1, 0.15) is 18.4 Å². The van der Waals surface area contributed by atoms with Crippen molar-refractivity contribution in [2.45, 2.75) is 25.4 Å². The Hall–Kier alpha value is -2.21. The van der Waals surface area contributed by atoms with Crippen LogP contribution in [0.15, 0.2) is 36.8 Å². The van der Waals surface area contributed by atoms with E-state index in [4.69, 9.17) is 4.74 Å². The van der Waals surface area contributed by atoms with Crippen molar-refractivity contribution in [1.29, 1.82) is 0 Å². The summed E-state index contributed by atoms with van der Waals surface area (Å²) in [6, 6.07) is 7.01. The highest BCUT2D eigenvalue weighted by molar-refractivity contribution is 5.38. The number of hydrogen-bond donors (Lipinski definition) is 0. The van der Waals surface area contributed by atoms with E-state index in [1.54, 1.807) is 7.11 Å². The van der Waals surface area contributed by atoms with Gasteiger partial charge in [-0.25, -0.2) is 15.0 Å². The number of hydrogen-bond acceptors (Lipinski definition) is 6. The van der Waals surface area contributed by atoms with Gasteiger partial charge in [0.2, 0.25) is 0 Å². The van der Waals surface area contributed by atoms with Crippen LogP contribution in [0.4, 0.5) is 5.82 Å². The molecule has 6 nitrogen and oxygen atoms in total. The van der Waals surface area contributed by atoms with Crippen molar-refractivity contribution < 1.29 is 4.74 Å². The predicted octanol–water partition coefficient (Wildman–Crippen LogP) is 1.98. The van der Waals surface area contributed by atoms with Crippen LogP contribution in [-0.2, 0) is 6.54 Å². The Morgan fingerprint density at radius 2 is 2.09 bits per heavy atom. The van der Waals surface area contributed by atoms with E-state index in [-0.39, 0.29) is 0 Å². The van der Waals surface area contributed by atoms with Crippen LogP contribution in [0.25, 0.3) is 0 Å². The summed E-state index contributed by atoms with van der Waals surface area (Å²) in [5.41, 5.74) is 1.10. The van der Waals surface area contributed by atoms with Gasteiger partial charge < -0.3 is 9.64 Å². The van der Waals surface area contributed by atoms with Crippen molar-refractivity contribution in [1.82, 2.24) is 19.9 Å². The zero-order valence-corrected chi connectivity index (χ0v) is 13.7. The smallest absolute Gasteiger partial charge is 0.316 e. The van der Waals surface area contributed by atoms with Crippen molar-refractivity contribution in [3.63, 3.8) is 0 Å². The summed E-state index contributed by atoms with van der Waals surface area (Å²) < 4.78 is 5.00. The van der Waals surface area contributed by atoms with E-state index in [0.29, 0.717) is 12.1 Å². The molecule has 0 aliphatic carbocycles. The normalized spacial score (nSPS) is 18.2. The summed E-state index contributed by atoms with van der Waals surface area (Å²) in [5.74, 6) is 1.07. The van der Waals surface area contributed by atoms with E-state index >= 15 is 0 Å². The van der Waals surface area contributed by atoms with Crippen molar-refractivity contribution in [3.05, 3.63) is 42.4 Å². The summed E-state index contributed by atoms with van der Waals surface area (Å²) in [7, 11) is 3.74. The minimum Gasteiger partial charge on any atom is -0.467 e. The fraction of sp³-hybridized carbons (Fsp3) is 0.471. The minimum atomic E-state index is 0.412. The number of rotatable bonds is 5. The number of nitrogens with zero attached hydrogens (tertiary/aromatic N) is 5. The summed E-state index contributed by atoms with van der Waals surface area (Å²) in [5, 5.41) is 0. The fourth-order valence-corrected chi connectivity index (χ4v) is 3.01. The van der Waals surface area contributed by atoms with Gasteiger partial charge >= 0.3 is 6.01 Å². The Labute approximate surface area is 137 Å². The minimum absolute atomic E-state index is 0.412. The van der Waals surface area contributed by atoms with E-state index in [9.17, 15) is 0 Å². The lowest BCUT2D eigenvalue weighted by Crippen LogP contribution is -2.46. The van der Waals surface area contributed by atoms with Gasteiger partial charge in [-0.2, -0.15) is 0 Å². The van der Waals surface area contributed by atoms with E-state index in [1.165, 1.54) is 12.8 Å². The summed E-state index contributed by atoms with van der Waals surface area (Å²) in [4.78, 5) is 17.6. The van der Waals surface area contributed by atoms with Crippen LogP contribution < -0.4 is 9.64 Å². The zero-order valence-electron chi connectivity index (χ0n) is 13.7. The first kappa shape index (κ1) is 15.7. The molecule has 0 saturated carbocycles. The molecule has 0 amide bonds. The SMILES string of the molecule is COc1ncc(CN(C)[C@@H]2CCCN(c3ccccn3)C2)cn1. The van der Waals surface area contributed by atoms with Crippen molar-refractivity contribution in [2.75, 3.05) is 32.1 Å². The lowest BCUT2D eigenvalue weighted by atomic mass is 10.0. The first-order valence-electron chi connectivity index (χ1n) is 7.97. The molecule has 1 saturated heterocycles. The van der Waals surface area contributed by atoms with Gasteiger partial charge in [-0.15, -0.1) is 0 Å². The number of aromatic nitrogens is 3. The molecule has 3 heterocycles. The fourth-order valence-electron chi connectivity index (χ4n) is 3.01. The van der Waals surface area contributed by atoms with Gasteiger partial charge in [0.25, 0.3) is 0 Å². The Bertz CT molecular complexity index is 604. The van der Waals surface area contributed by atoms with Crippen LogP contribution in [0.5, 0.6) is 6.01 Å². The van der Waals surface area contributed by atoms with Crippen molar-refractivity contribution >= 4 is 5.82 Å². The van der Waals surface area contributed by atoms with E-state index in [0.717, 1.165) is 31.0 Å². The lowest BCUT2D eigenvalue weighted by Gasteiger charge is -2.38. The third kappa shape index (κ3) is 3.96. The van der Waals surface area contributed by atoms with Gasteiger partial charge in [0.05, 0.1) is 7.11 Å². The molecule has 2 aromatic rings. The Kier molecular flexibility index (Phi) is 5.02. The zero-order chi connectivity index (χ0) is 16.1. The number of ether oxygens (including phenoxy) is 1. The molecule has 0 N–H and O–H groups in total. The molecule has 3 rings (SSSR count). The van der Waals surface area contributed by atoms with Gasteiger partial charge in [-0.3, -0.25) is 4.90 Å². The molecule has 23 heavy (non-hydrogen) atoms. The molecule has 0 aromatic carbocycles. The Morgan fingerprint density at radius 3 is 2.78 bits per heavy atom. The van der Waals surface area contributed by atoms with Crippen LogP contribution in [0.2, 0.25) is 0 Å². The molecule has 6 heteroatoms. The number of anilines is 1. The largest absolute Gasteiger partial charge is 0.467 e. The van der Waals surface area contributed by atoms with Gasteiger partial charge in [0.1, 0.15) is 5.82 Å². The third-order valence-corrected chi connectivity index (χ3v) is 4.29. The predicted molar refractivity (Wildman–Crippen MR) is 89.5 cm³/mol. The summed E-state index contributed by atoms with van der Waals surface area (Å²) >= 11 is 0. The maximum atomic E-state index is 5.00. The highest BCUT2D eigenvalue weighted by Gasteiger charge is 2.24. The number of pyridine rings is 1. The van der Waals surface area contributed by atoms with Crippen LogP contribution >= 0.6 is 0 Å². The molecule has 1 aliphatic rings. The second kappa shape index (κ2) is 7.37. The van der Waals surface area contributed by atoms with Crippen LogP contribution in [0, 0.1) is 0 Å². The van der Waals surface area contributed by atoms with Crippen molar-refractivity contribution in [3.8, 4) is 6.01 Å². The average molecular weight is 313 g/mol.